The van der Waals surface area contributed by atoms with Crippen LogP contribution in [0.15, 0.2) is 24.5 Å². The monoisotopic (exact) mass is 418 g/mol. The maximum absolute atomic E-state index is 12.8. The predicted molar refractivity (Wildman–Crippen MR) is 117 cm³/mol. The standard InChI is InChI=1S/C24H38N2O4/c1-24(2,3)30-22(28)16-20(11-7-10-18-8-5-4-6-9-18)23(29)26-17-21(27)19-12-14-25-15-13-19/h12-15,18,20-21,27H,4-11,16-17H2,1-3H3,(H,26,29). The van der Waals surface area contributed by atoms with Gasteiger partial charge >= 0.3 is 5.97 Å². The smallest absolute Gasteiger partial charge is 0.307 e. The first-order valence-electron chi connectivity index (χ1n) is 11.3. The Morgan fingerprint density at radius 2 is 1.87 bits per heavy atom. The number of aliphatic hydroxyl groups excluding tert-OH is 1. The number of aliphatic hydroxyl groups is 1. The number of pyridine rings is 1. The average molecular weight is 419 g/mol. The summed E-state index contributed by atoms with van der Waals surface area (Å²) in [6.07, 6.45) is 11.7. The van der Waals surface area contributed by atoms with Gasteiger partial charge in [-0.15, -0.1) is 0 Å². The Hall–Kier alpha value is -1.95. The maximum Gasteiger partial charge on any atom is 0.307 e. The van der Waals surface area contributed by atoms with Crippen molar-refractivity contribution < 1.29 is 19.4 Å². The van der Waals surface area contributed by atoms with Crippen molar-refractivity contribution in [2.75, 3.05) is 6.54 Å². The van der Waals surface area contributed by atoms with Crippen LogP contribution in [0.2, 0.25) is 0 Å². The summed E-state index contributed by atoms with van der Waals surface area (Å²) < 4.78 is 5.43. The number of nitrogens with one attached hydrogen (secondary N) is 1. The van der Waals surface area contributed by atoms with E-state index < -0.39 is 17.6 Å². The molecule has 0 saturated heterocycles. The summed E-state index contributed by atoms with van der Waals surface area (Å²) in [4.78, 5) is 29.1. The summed E-state index contributed by atoms with van der Waals surface area (Å²) in [5.74, 6) is -0.238. The van der Waals surface area contributed by atoms with Gasteiger partial charge in [0.2, 0.25) is 5.91 Å². The fraction of sp³-hybridized carbons (Fsp3) is 0.708. The molecule has 1 aliphatic carbocycles. The Labute approximate surface area is 180 Å². The molecule has 168 valence electrons. The van der Waals surface area contributed by atoms with Gasteiger partial charge in [-0.1, -0.05) is 44.9 Å². The number of esters is 1. The number of amides is 1. The molecular weight excluding hydrogens is 380 g/mol. The summed E-state index contributed by atoms with van der Waals surface area (Å²) in [7, 11) is 0. The highest BCUT2D eigenvalue weighted by atomic mass is 16.6. The molecule has 1 heterocycles. The second kappa shape index (κ2) is 12.0. The van der Waals surface area contributed by atoms with E-state index in [1.165, 1.54) is 32.1 Å². The van der Waals surface area contributed by atoms with E-state index >= 15 is 0 Å². The van der Waals surface area contributed by atoms with Crippen LogP contribution in [0.4, 0.5) is 0 Å². The van der Waals surface area contributed by atoms with E-state index in [0.29, 0.717) is 12.0 Å². The molecule has 0 bridgehead atoms. The summed E-state index contributed by atoms with van der Waals surface area (Å²) in [5, 5.41) is 13.1. The zero-order chi connectivity index (χ0) is 22.0. The van der Waals surface area contributed by atoms with Gasteiger partial charge in [0.25, 0.3) is 0 Å². The van der Waals surface area contributed by atoms with Gasteiger partial charge in [0.05, 0.1) is 12.5 Å². The topological polar surface area (TPSA) is 88.5 Å². The molecule has 0 aliphatic heterocycles. The molecular formula is C24H38N2O4. The molecule has 2 unspecified atom stereocenters. The lowest BCUT2D eigenvalue weighted by Crippen LogP contribution is -2.36. The normalized spacial score (nSPS) is 17.2. The Morgan fingerprint density at radius 1 is 1.20 bits per heavy atom. The van der Waals surface area contributed by atoms with Crippen LogP contribution in [0.25, 0.3) is 0 Å². The van der Waals surface area contributed by atoms with Crippen LogP contribution < -0.4 is 5.32 Å². The van der Waals surface area contributed by atoms with Crippen molar-refractivity contribution in [2.24, 2.45) is 11.8 Å². The van der Waals surface area contributed by atoms with Crippen LogP contribution in [0.3, 0.4) is 0 Å². The van der Waals surface area contributed by atoms with E-state index in [-0.39, 0.29) is 24.8 Å². The minimum Gasteiger partial charge on any atom is -0.460 e. The van der Waals surface area contributed by atoms with Crippen molar-refractivity contribution in [3.63, 3.8) is 0 Å². The van der Waals surface area contributed by atoms with Gasteiger partial charge in [-0.25, -0.2) is 0 Å². The van der Waals surface area contributed by atoms with Crippen molar-refractivity contribution in [3.8, 4) is 0 Å². The number of nitrogens with zero attached hydrogens (tertiary/aromatic N) is 1. The molecule has 2 atom stereocenters. The molecule has 2 N–H and O–H groups in total. The van der Waals surface area contributed by atoms with Crippen LogP contribution in [-0.2, 0) is 14.3 Å². The van der Waals surface area contributed by atoms with Crippen molar-refractivity contribution >= 4 is 11.9 Å². The molecule has 2 rings (SSSR count). The van der Waals surface area contributed by atoms with Gasteiger partial charge in [0, 0.05) is 24.9 Å². The summed E-state index contributed by atoms with van der Waals surface area (Å²) >= 11 is 0. The van der Waals surface area contributed by atoms with Gasteiger partial charge in [-0.3, -0.25) is 14.6 Å². The van der Waals surface area contributed by atoms with Crippen molar-refractivity contribution in [3.05, 3.63) is 30.1 Å². The Bertz CT molecular complexity index is 651. The van der Waals surface area contributed by atoms with Gasteiger partial charge in [0.1, 0.15) is 5.60 Å². The third-order valence-corrected chi connectivity index (χ3v) is 5.65. The third kappa shape index (κ3) is 9.24. The highest BCUT2D eigenvalue weighted by Crippen LogP contribution is 2.29. The molecule has 1 fully saturated rings. The van der Waals surface area contributed by atoms with E-state index in [4.69, 9.17) is 4.74 Å². The lowest BCUT2D eigenvalue weighted by atomic mass is 9.84. The van der Waals surface area contributed by atoms with Crippen molar-refractivity contribution in [2.45, 2.75) is 90.3 Å². The van der Waals surface area contributed by atoms with Gasteiger partial charge in [0.15, 0.2) is 0 Å². The first-order valence-corrected chi connectivity index (χ1v) is 11.3. The molecule has 1 saturated carbocycles. The average Bonchev–Trinajstić information content (AvgIpc) is 2.71. The quantitative estimate of drug-likeness (QED) is 0.552. The second-order valence-electron chi connectivity index (χ2n) is 9.46. The van der Waals surface area contributed by atoms with Gasteiger partial charge < -0.3 is 15.2 Å². The van der Waals surface area contributed by atoms with Crippen molar-refractivity contribution in [1.82, 2.24) is 10.3 Å². The predicted octanol–water partition coefficient (Wildman–Crippen LogP) is 4.33. The minimum atomic E-state index is -0.804. The minimum absolute atomic E-state index is 0.0686. The number of aromatic nitrogens is 1. The number of carbonyl (C=O) groups excluding carboxylic acids is 2. The SMILES string of the molecule is CC(C)(C)OC(=O)CC(CCCC1CCCCC1)C(=O)NCC(O)c1ccncc1. The lowest BCUT2D eigenvalue weighted by molar-refractivity contribution is -0.157. The van der Waals surface area contributed by atoms with Crippen LogP contribution in [0, 0.1) is 11.8 Å². The van der Waals surface area contributed by atoms with E-state index in [0.717, 1.165) is 18.8 Å². The summed E-state index contributed by atoms with van der Waals surface area (Å²) in [6.45, 7) is 5.59. The van der Waals surface area contributed by atoms with Crippen molar-refractivity contribution in [1.29, 1.82) is 0 Å². The van der Waals surface area contributed by atoms with Crippen LogP contribution >= 0.6 is 0 Å². The Balaban J connectivity index is 1.88. The molecule has 1 aliphatic rings. The second-order valence-corrected chi connectivity index (χ2v) is 9.46. The molecule has 6 nitrogen and oxygen atoms in total. The molecule has 6 heteroatoms. The highest BCUT2D eigenvalue weighted by molar-refractivity contribution is 5.83. The molecule has 30 heavy (non-hydrogen) atoms. The number of carbonyl (C=O) groups is 2. The molecule has 1 aromatic heterocycles. The summed E-state index contributed by atoms with van der Waals surface area (Å²) in [6, 6.07) is 3.44. The highest BCUT2D eigenvalue weighted by Gasteiger charge is 2.26. The lowest BCUT2D eigenvalue weighted by Gasteiger charge is -2.24. The number of rotatable bonds is 10. The van der Waals surface area contributed by atoms with Crippen LogP contribution in [0.5, 0.6) is 0 Å². The molecule has 1 aromatic rings. The fourth-order valence-electron chi connectivity index (χ4n) is 4.08. The maximum atomic E-state index is 12.8. The zero-order valence-electron chi connectivity index (χ0n) is 18.7. The van der Waals surface area contributed by atoms with Gasteiger partial charge in [-0.05, 0) is 50.8 Å². The van der Waals surface area contributed by atoms with Crippen LogP contribution in [-0.4, -0.2) is 34.1 Å². The third-order valence-electron chi connectivity index (χ3n) is 5.65. The first kappa shape index (κ1) is 24.3. The zero-order valence-corrected chi connectivity index (χ0v) is 18.7. The number of ether oxygens (including phenoxy) is 1. The Kier molecular flexibility index (Phi) is 9.76. The first-order chi connectivity index (χ1) is 14.2. The molecule has 0 spiro atoms. The van der Waals surface area contributed by atoms with E-state index in [1.807, 2.05) is 20.8 Å². The van der Waals surface area contributed by atoms with E-state index in [2.05, 4.69) is 10.3 Å². The summed E-state index contributed by atoms with van der Waals surface area (Å²) in [5.41, 5.74) is 0.129. The fourth-order valence-corrected chi connectivity index (χ4v) is 4.08. The van der Waals surface area contributed by atoms with Gasteiger partial charge in [-0.2, -0.15) is 0 Å². The van der Waals surface area contributed by atoms with Crippen LogP contribution in [0.1, 0.15) is 90.2 Å². The van der Waals surface area contributed by atoms with E-state index in [9.17, 15) is 14.7 Å². The van der Waals surface area contributed by atoms with E-state index in [1.54, 1.807) is 24.5 Å². The Morgan fingerprint density at radius 3 is 2.50 bits per heavy atom. The number of hydrogen-bond acceptors (Lipinski definition) is 5. The molecule has 1 amide bonds. The molecule has 0 aromatic carbocycles. The largest absolute Gasteiger partial charge is 0.460 e. The number of hydrogen-bond donors (Lipinski definition) is 2. The molecule has 0 radical (unpaired) electrons.